The maximum absolute atomic E-state index is 13.9. The Labute approximate surface area is 186 Å². The van der Waals surface area contributed by atoms with Crippen molar-refractivity contribution in [1.82, 2.24) is 5.32 Å². The first kappa shape index (κ1) is 21.6. The zero-order valence-corrected chi connectivity index (χ0v) is 18.2. The van der Waals surface area contributed by atoms with Crippen molar-refractivity contribution < 1.29 is 18.9 Å². The normalized spacial score (nSPS) is 18.2. The summed E-state index contributed by atoms with van der Waals surface area (Å²) in [5.74, 6) is -0.810. The monoisotopic (exact) mass is 440 g/mol. The van der Waals surface area contributed by atoms with Crippen molar-refractivity contribution in [3.8, 4) is 0 Å². The minimum atomic E-state index is -0.372. The van der Waals surface area contributed by atoms with Crippen LogP contribution in [0.3, 0.4) is 0 Å². The van der Waals surface area contributed by atoms with E-state index in [9.17, 15) is 14.0 Å². The second-order valence-electron chi connectivity index (χ2n) is 7.97. The Kier molecular flexibility index (Phi) is 7.04. The van der Waals surface area contributed by atoms with Crippen LogP contribution in [0.15, 0.2) is 52.3 Å². The molecule has 2 aliphatic heterocycles. The van der Waals surface area contributed by atoms with Gasteiger partial charge in [-0.25, -0.2) is 4.39 Å². The average Bonchev–Trinajstić information content (AvgIpc) is 3.04. The molecule has 0 spiro atoms. The van der Waals surface area contributed by atoms with E-state index in [2.05, 4.69) is 10.6 Å². The Morgan fingerprint density at radius 3 is 2.68 bits per heavy atom. The molecule has 0 aromatic heterocycles. The molecule has 2 aromatic carbocycles. The van der Waals surface area contributed by atoms with Gasteiger partial charge < -0.3 is 15.5 Å². The number of amides is 2. The van der Waals surface area contributed by atoms with Crippen molar-refractivity contribution >= 4 is 35.3 Å². The van der Waals surface area contributed by atoms with Gasteiger partial charge in [0.15, 0.2) is 0 Å². The third kappa shape index (κ3) is 5.54. The fourth-order valence-corrected chi connectivity index (χ4v) is 4.89. The molecule has 0 radical (unpaired) electrons. The van der Waals surface area contributed by atoms with E-state index >= 15 is 0 Å². The summed E-state index contributed by atoms with van der Waals surface area (Å²) in [6.45, 7) is 3.94. The lowest BCUT2D eigenvalue weighted by atomic mass is 10.1. The summed E-state index contributed by atoms with van der Waals surface area (Å²) in [7, 11) is 0. The van der Waals surface area contributed by atoms with Gasteiger partial charge in [-0.05, 0) is 56.0 Å². The highest BCUT2D eigenvalue weighted by Gasteiger charge is 2.23. The summed E-state index contributed by atoms with van der Waals surface area (Å²) in [4.78, 5) is 27.9. The molecule has 2 heterocycles. The summed E-state index contributed by atoms with van der Waals surface area (Å²) in [6.07, 6.45) is 6.69. The van der Waals surface area contributed by atoms with Crippen LogP contribution in [0.1, 0.15) is 41.6 Å². The highest BCUT2D eigenvalue weighted by molar-refractivity contribution is 8.04. The van der Waals surface area contributed by atoms with Crippen LogP contribution in [0.4, 0.5) is 10.1 Å². The molecular formula is C24H27FN3O2S+. The van der Waals surface area contributed by atoms with E-state index in [-0.39, 0.29) is 17.6 Å². The van der Waals surface area contributed by atoms with Crippen LogP contribution in [0.5, 0.6) is 0 Å². The third-order valence-electron chi connectivity index (χ3n) is 5.70. The lowest BCUT2D eigenvalue weighted by Gasteiger charge is -2.20. The highest BCUT2D eigenvalue weighted by Crippen LogP contribution is 2.39. The number of fused-ring (bicyclic) bond motifs is 1. The van der Waals surface area contributed by atoms with Gasteiger partial charge >= 0.3 is 0 Å². The van der Waals surface area contributed by atoms with Gasteiger partial charge in [0.2, 0.25) is 0 Å². The Morgan fingerprint density at radius 2 is 1.90 bits per heavy atom. The molecule has 0 unspecified atom stereocenters. The minimum absolute atomic E-state index is 0.135. The molecule has 3 N–H and O–H groups in total. The molecule has 0 bridgehead atoms. The van der Waals surface area contributed by atoms with E-state index in [0.29, 0.717) is 28.3 Å². The number of carbonyl (C=O) groups excluding carboxylic acids is 2. The molecule has 0 aliphatic carbocycles. The molecule has 5 nitrogen and oxygen atoms in total. The van der Waals surface area contributed by atoms with E-state index < -0.39 is 0 Å². The zero-order chi connectivity index (χ0) is 21.6. The predicted octanol–water partition coefficient (Wildman–Crippen LogP) is 3.10. The van der Waals surface area contributed by atoms with E-state index in [0.717, 1.165) is 11.4 Å². The van der Waals surface area contributed by atoms with Gasteiger partial charge in [-0.15, -0.1) is 0 Å². The van der Waals surface area contributed by atoms with Crippen molar-refractivity contribution in [2.45, 2.75) is 30.6 Å². The molecule has 2 aromatic rings. The topological polar surface area (TPSA) is 62.6 Å². The van der Waals surface area contributed by atoms with Crippen LogP contribution in [0.25, 0.3) is 6.08 Å². The largest absolute Gasteiger partial charge is 0.346 e. The number of anilines is 1. The highest BCUT2D eigenvalue weighted by atomic mass is 32.2. The van der Waals surface area contributed by atoms with Gasteiger partial charge in [0.05, 0.1) is 36.8 Å². The Hall–Kier alpha value is -2.64. The maximum Gasteiger partial charge on any atom is 0.262 e. The van der Waals surface area contributed by atoms with Crippen molar-refractivity contribution in [3.63, 3.8) is 0 Å². The number of benzene rings is 2. The fraction of sp³-hybridized carbons (Fsp3) is 0.333. The summed E-state index contributed by atoms with van der Waals surface area (Å²) < 4.78 is 13.9. The number of thioether (sulfide) groups is 1. The molecule has 2 amide bonds. The molecule has 0 atom stereocenters. The van der Waals surface area contributed by atoms with Gasteiger partial charge in [-0.2, -0.15) is 0 Å². The third-order valence-corrected chi connectivity index (χ3v) is 6.80. The second kappa shape index (κ2) is 10.1. The molecule has 1 saturated heterocycles. The Morgan fingerprint density at radius 1 is 1.13 bits per heavy atom. The quantitative estimate of drug-likeness (QED) is 0.626. The SMILES string of the molecule is O=C1Nc2cc(C(=O)NCC[NH+]3CCCCCC3)ccc2SC1=Cc1ccccc1F. The minimum Gasteiger partial charge on any atom is -0.346 e. The van der Waals surface area contributed by atoms with Crippen LogP contribution in [-0.4, -0.2) is 38.0 Å². The van der Waals surface area contributed by atoms with Crippen molar-refractivity contribution in [3.05, 3.63) is 64.3 Å². The summed E-state index contributed by atoms with van der Waals surface area (Å²) in [5.41, 5.74) is 1.49. The lowest BCUT2D eigenvalue weighted by molar-refractivity contribution is -0.898. The van der Waals surface area contributed by atoms with Crippen molar-refractivity contribution in [2.75, 3.05) is 31.5 Å². The number of likely N-dealkylation sites (tertiary alicyclic amines) is 1. The first-order chi connectivity index (χ1) is 15.1. The Balaban J connectivity index is 1.39. The van der Waals surface area contributed by atoms with E-state index in [1.807, 2.05) is 6.07 Å². The molecule has 31 heavy (non-hydrogen) atoms. The van der Waals surface area contributed by atoms with Gasteiger partial charge in [0, 0.05) is 16.0 Å². The number of hydrogen-bond acceptors (Lipinski definition) is 3. The number of carbonyl (C=O) groups is 2. The molecule has 7 heteroatoms. The van der Waals surface area contributed by atoms with Gasteiger partial charge in [-0.3, -0.25) is 9.59 Å². The standard InChI is InChI=1S/C24H26FN3O2S/c25-19-8-4-3-7-17(19)16-22-24(30)27-20-15-18(9-10-21(20)31-22)23(29)26-11-14-28-12-5-1-2-6-13-28/h3-4,7-10,15-16H,1-2,5-6,11-14H2,(H,26,29)(H,27,30)/p+1. The number of nitrogens with one attached hydrogen (secondary N) is 3. The first-order valence-electron chi connectivity index (χ1n) is 10.8. The van der Waals surface area contributed by atoms with E-state index in [1.165, 1.54) is 56.6 Å². The fourth-order valence-electron chi connectivity index (χ4n) is 3.97. The van der Waals surface area contributed by atoms with Crippen LogP contribution < -0.4 is 15.5 Å². The predicted molar refractivity (Wildman–Crippen MR) is 122 cm³/mol. The first-order valence-corrected chi connectivity index (χ1v) is 11.6. The van der Waals surface area contributed by atoms with Crippen molar-refractivity contribution in [1.29, 1.82) is 0 Å². The number of halogens is 1. The van der Waals surface area contributed by atoms with Crippen LogP contribution in [0.2, 0.25) is 0 Å². The number of rotatable bonds is 5. The second-order valence-corrected chi connectivity index (χ2v) is 9.05. The van der Waals surface area contributed by atoms with Gasteiger partial charge in [0.25, 0.3) is 11.8 Å². The van der Waals surface area contributed by atoms with E-state index in [1.54, 1.807) is 41.3 Å². The molecule has 4 rings (SSSR count). The lowest BCUT2D eigenvalue weighted by Crippen LogP contribution is -3.12. The van der Waals surface area contributed by atoms with Gasteiger partial charge in [-0.1, -0.05) is 30.0 Å². The molecular weight excluding hydrogens is 413 g/mol. The summed E-state index contributed by atoms with van der Waals surface area (Å²) >= 11 is 1.28. The number of quaternary nitrogens is 1. The van der Waals surface area contributed by atoms with Crippen LogP contribution in [-0.2, 0) is 4.79 Å². The maximum atomic E-state index is 13.9. The van der Waals surface area contributed by atoms with E-state index in [4.69, 9.17) is 0 Å². The molecule has 162 valence electrons. The van der Waals surface area contributed by atoms with Crippen LogP contribution >= 0.6 is 11.8 Å². The molecule has 0 saturated carbocycles. The zero-order valence-electron chi connectivity index (χ0n) is 17.4. The van der Waals surface area contributed by atoms with Gasteiger partial charge in [0.1, 0.15) is 5.82 Å². The molecule has 1 fully saturated rings. The smallest absolute Gasteiger partial charge is 0.262 e. The van der Waals surface area contributed by atoms with Crippen molar-refractivity contribution in [2.24, 2.45) is 0 Å². The van der Waals surface area contributed by atoms with Crippen LogP contribution in [0, 0.1) is 5.82 Å². The summed E-state index contributed by atoms with van der Waals surface area (Å²) in [6, 6.07) is 11.6. The average molecular weight is 441 g/mol. The number of hydrogen-bond donors (Lipinski definition) is 3. The Bertz CT molecular complexity index is 1000. The summed E-state index contributed by atoms with van der Waals surface area (Å²) in [5, 5.41) is 5.83. The molecule has 2 aliphatic rings.